The third-order valence-electron chi connectivity index (χ3n) is 2.54. The summed E-state index contributed by atoms with van der Waals surface area (Å²) >= 11 is 5.77. The van der Waals surface area contributed by atoms with Gasteiger partial charge in [-0.25, -0.2) is 4.39 Å². The van der Waals surface area contributed by atoms with E-state index >= 15 is 0 Å². The summed E-state index contributed by atoms with van der Waals surface area (Å²) in [5.41, 5.74) is 6.65. The van der Waals surface area contributed by atoms with Gasteiger partial charge >= 0.3 is 5.97 Å². The minimum atomic E-state index is -1.07. The summed E-state index contributed by atoms with van der Waals surface area (Å²) in [4.78, 5) is 10.6. The van der Waals surface area contributed by atoms with Crippen LogP contribution in [0.2, 0.25) is 5.02 Å². The molecule has 0 amide bonds. The number of carboxylic acids is 1. The minimum Gasteiger partial charge on any atom is -0.481 e. The number of aliphatic carboxylic acids is 1. The molecule has 1 atom stereocenters. The third kappa shape index (κ3) is 3.41. The fraction of sp³-hybridized carbons (Fsp3) is 0.417. The maximum Gasteiger partial charge on any atom is 0.305 e. The van der Waals surface area contributed by atoms with Crippen LogP contribution in [0.4, 0.5) is 4.39 Å². The summed E-state index contributed by atoms with van der Waals surface area (Å²) in [5.74, 6) is -1.53. The first-order valence-electron chi connectivity index (χ1n) is 5.29. The average Bonchev–Trinajstić information content (AvgIpc) is 2.20. The van der Waals surface area contributed by atoms with Crippen LogP contribution in [0.5, 0.6) is 0 Å². The van der Waals surface area contributed by atoms with Crippen LogP contribution < -0.4 is 5.73 Å². The first-order chi connectivity index (χ1) is 7.82. The topological polar surface area (TPSA) is 63.3 Å². The van der Waals surface area contributed by atoms with E-state index in [1.807, 2.05) is 13.8 Å². The van der Waals surface area contributed by atoms with Crippen molar-refractivity contribution < 1.29 is 14.3 Å². The molecule has 3 N–H and O–H groups in total. The van der Waals surface area contributed by atoms with Crippen molar-refractivity contribution in [3.05, 3.63) is 34.1 Å². The van der Waals surface area contributed by atoms with Gasteiger partial charge in [-0.05, 0) is 17.5 Å². The van der Waals surface area contributed by atoms with Crippen LogP contribution in [0.25, 0.3) is 0 Å². The van der Waals surface area contributed by atoms with Crippen molar-refractivity contribution in [2.24, 2.45) is 5.73 Å². The van der Waals surface area contributed by atoms with Crippen LogP contribution in [0, 0.1) is 5.82 Å². The van der Waals surface area contributed by atoms with E-state index in [2.05, 4.69) is 0 Å². The van der Waals surface area contributed by atoms with Gasteiger partial charge in [0.2, 0.25) is 0 Å². The highest BCUT2D eigenvalue weighted by Crippen LogP contribution is 2.29. The molecule has 17 heavy (non-hydrogen) atoms. The Hall–Kier alpha value is -1.13. The van der Waals surface area contributed by atoms with E-state index in [9.17, 15) is 9.18 Å². The molecule has 0 aliphatic heterocycles. The lowest BCUT2D eigenvalue weighted by atomic mass is 9.96. The molecule has 0 aliphatic carbocycles. The molecule has 1 aromatic rings. The van der Waals surface area contributed by atoms with E-state index in [1.165, 1.54) is 0 Å². The molecule has 0 aliphatic rings. The van der Waals surface area contributed by atoms with E-state index in [0.717, 1.165) is 5.56 Å². The predicted molar refractivity (Wildman–Crippen MR) is 64.7 cm³/mol. The molecule has 1 rings (SSSR count). The van der Waals surface area contributed by atoms with Crippen LogP contribution in [0.3, 0.4) is 0 Å². The van der Waals surface area contributed by atoms with Gasteiger partial charge in [-0.2, -0.15) is 0 Å². The van der Waals surface area contributed by atoms with Gasteiger partial charge in [0.05, 0.1) is 11.4 Å². The monoisotopic (exact) mass is 259 g/mol. The Kier molecular flexibility index (Phi) is 4.48. The largest absolute Gasteiger partial charge is 0.481 e. The van der Waals surface area contributed by atoms with Crippen molar-refractivity contribution in [1.82, 2.24) is 0 Å². The molecule has 5 heteroatoms. The van der Waals surface area contributed by atoms with Crippen LogP contribution >= 0.6 is 11.6 Å². The molecule has 0 fully saturated rings. The zero-order valence-corrected chi connectivity index (χ0v) is 10.5. The van der Waals surface area contributed by atoms with Gasteiger partial charge in [0.15, 0.2) is 0 Å². The van der Waals surface area contributed by atoms with Gasteiger partial charge in [0, 0.05) is 11.6 Å². The number of rotatable bonds is 4. The zero-order valence-electron chi connectivity index (χ0n) is 9.71. The van der Waals surface area contributed by atoms with Crippen LogP contribution in [0.15, 0.2) is 12.1 Å². The van der Waals surface area contributed by atoms with Gasteiger partial charge in [0.1, 0.15) is 5.82 Å². The first-order valence-corrected chi connectivity index (χ1v) is 5.67. The van der Waals surface area contributed by atoms with Crippen LogP contribution in [-0.2, 0) is 4.79 Å². The number of benzene rings is 1. The van der Waals surface area contributed by atoms with Crippen molar-refractivity contribution >= 4 is 17.6 Å². The summed E-state index contributed by atoms with van der Waals surface area (Å²) < 4.78 is 13.7. The van der Waals surface area contributed by atoms with Crippen LogP contribution in [-0.4, -0.2) is 11.1 Å². The fourth-order valence-electron chi connectivity index (χ4n) is 1.53. The molecular formula is C12H15ClFNO2. The summed E-state index contributed by atoms with van der Waals surface area (Å²) in [6, 6.07) is 2.24. The van der Waals surface area contributed by atoms with E-state index < -0.39 is 17.8 Å². The molecular weight excluding hydrogens is 245 g/mol. The van der Waals surface area contributed by atoms with Gasteiger partial charge in [-0.15, -0.1) is 0 Å². The van der Waals surface area contributed by atoms with Gasteiger partial charge < -0.3 is 10.8 Å². The van der Waals surface area contributed by atoms with Gasteiger partial charge in [-0.1, -0.05) is 31.5 Å². The zero-order chi connectivity index (χ0) is 13.2. The highest BCUT2D eigenvalue weighted by molar-refractivity contribution is 6.30. The molecule has 0 spiro atoms. The lowest BCUT2D eigenvalue weighted by Crippen LogP contribution is -2.17. The fourth-order valence-corrected chi connectivity index (χ4v) is 1.77. The highest BCUT2D eigenvalue weighted by Gasteiger charge is 2.18. The second kappa shape index (κ2) is 5.47. The summed E-state index contributed by atoms with van der Waals surface area (Å²) in [5, 5.41) is 8.63. The van der Waals surface area contributed by atoms with Gasteiger partial charge in [-0.3, -0.25) is 4.79 Å². The average molecular weight is 260 g/mol. The van der Waals surface area contributed by atoms with Crippen LogP contribution in [0.1, 0.15) is 43.4 Å². The van der Waals surface area contributed by atoms with Gasteiger partial charge in [0.25, 0.3) is 0 Å². The smallest absolute Gasteiger partial charge is 0.305 e. The lowest BCUT2D eigenvalue weighted by Gasteiger charge is -2.15. The number of halogens is 2. The molecule has 0 saturated carbocycles. The number of carboxylic acid groups (broad SMARTS) is 1. The Morgan fingerprint density at radius 2 is 2.12 bits per heavy atom. The predicted octanol–water partition coefficient (Wildman–Crippen LogP) is 3.08. The molecule has 0 saturated heterocycles. The molecule has 1 unspecified atom stereocenters. The number of carbonyl (C=O) groups is 1. The summed E-state index contributed by atoms with van der Waals surface area (Å²) in [6.07, 6.45) is -0.325. The number of hydrogen-bond donors (Lipinski definition) is 2. The second-order valence-electron chi connectivity index (χ2n) is 4.26. The van der Waals surface area contributed by atoms with Crippen molar-refractivity contribution in [2.45, 2.75) is 32.2 Å². The molecule has 1 aromatic carbocycles. The molecule has 0 aromatic heterocycles. The lowest BCUT2D eigenvalue weighted by molar-refractivity contribution is -0.137. The SMILES string of the molecule is CC(C)c1cc(Cl)c(F)c(C(N)CC(=O)O)c1. The van der Waals surface area contributed by atoms with E-state index in [-0.39, 0.29) is 22.9 Å². The summed E-state index contributed by atoms with van der Waals surface area (Å²) in [6.45, 7) is 3.88. The highest BCUT2D eigenvalue weighted by atomic mass is 35.5. The summed E-state index contributed by atoms with van der Waals surface area (Å²) in [7, 11) is 0. The number of hydrogen-bond acceptors (Lipinski definition) is 2. The quantitative estimate of drug-likeness (QED) is 0.873. The third-order valence-corrected chi connectivity index (χ3v) is 2.81. The molecule has 94 valence electrons. The molecule has 3 nitrogen and oxygen atoms in total. The molecule has 0 radical (unpaired) electrons. The Morgan fingerprint density at radius 1 is 1.53 bits per heavy atom. The van der Waals surface area contributed by atoms with Crippen molar-refractivity contribution in [3.8, 4) is 0 Å². The Morgan fingerprint density at radius 3 is 2.59 bits per heavy atom. The molecule has 0 bridgehead atoms. The van der Waals surface area contributed by atoms with E-state index in [4.69, 9.17) is 22.4 Å². The Balaban J connectivity index is 3.17. The maximum atomic E-state index is 13.7. The second-order valence-corrected chi connectivity index (χ2v) is 4.67. The normalized spacial score (nSPS) is 12.8. The standard InChI is InChI=1S/C12H15ClFNO2/c1-6(2)7-3-8(10(15)5-11(16)17)12(14)9(13)4-7/h3-4,6,10H,5,15H2,1-2H3,(H,16,17). The first kappa shape index (κ1) is 13.9. The number of nitrogens with two attached hydrogens (primary N) is 1. The Bertz CT molecular complexity index is 435. The molecule has 0 heterocycles. The van der Waals surface area contributed by atoms with Crippen molar-refractivity contribution in [1.29, 1.82) is 0 Å². The Labute approximate surface area is 104 Å². The van der Waals surface area contributed by atoms with Crippen molar-refractivity contribution in [3.63, 3.8) is 0 Å². The van der Waals surface area contributed by atoms with E-state index in [1.54, 1.807) is 12.1 Å². The van der Waals surface area contributed by atoms with E-state index in [0.29, 0.717) is 0 Å². The van der Waals surface area contributed by atoms with Crippen molar-refractivity contribution in [2.75, 3.05) is 0 Å². The minimum absolute atomic E-state index is 0.0213. The maximum absolute atomic E-state index is 13.7.